The molecule has 0 saturated carbocycles. The van der Waals surface area contributed by atoms with Gasteiger partial charge < -0.3 is 4.57 Å². The highest BCUT2D eigenvalue weighted by Gasteiger charge is 2.15. The molecular weight excluding hydrogens is 165 g/mol. The second kappa shape index (κ2) is 2.34. The SMILES string of the molecule is Fc1ccc2[c]cn3c2c1CCC3. The van der Waals surface area contributed by atoms with Crippen molar-refractivity contribution in [2.45, 2.75) is 19.4 Å². The van der Waals surface area contributed by atoms with Crippen molar-refractivity contribution in [2.24, 2.45) is 0 Å². The van der Waals surface area contributed by atoms with Gasteiger partial charge in [0.15, 0.2) is 0 Å². The zero-order valence-corrected chi connectivity index (χ0v) is 7.18. The summed E-state index contributed by atoms with van der Waals surface area (Å²) in [5, 5.41) is 1.04. The predicted molar refractivity (Wildman–Crippen MR) is 49.1 cm³/mol. The molecule has 1 aliphatic rings. The standard InChI is InChI=1S/C11H9FN/c12-10-4-3-8-5-7-13-6-1-2-9(10)11(8)13/h3-4,7H,1-2,6H2. The van der Waals surface area contributed by atoms with Gasteiger partial charge in [0.05, 0.1) is 5.52 Å². The Morgan fingerprint density at radius 1 is 1.38 bits per heavy atom. The summed E-state index contributed by atoms with van der Waals surface area (Å²) in [4.78, 5) is 0. The van der Waals surface area contributed by atoms with Gasteiger partial charge in [-0.1, -0.05) is 0 Å². The van der Waals surface area contributed by atoms with E-state index in [-0.39, 0.29) is 5.82 Å². The molecule has 0 aliphatic carbocycles. The first-order valence-electron chi connectivity index (χ1n) is 4.54. The molecule has 2 heterocycles. The van der Waals surface area contributed by atoms with E-state index in [1.54, 1.807) is 12.1 Å². The van der Waals surface area contributed by atoms with E-state index in [1.165, 1.54) is 0 Å². The van der Waals surface area contributed by atoms with Crippen molar-refractivity contribution >= 4 is 10.9 Å². The quantitative estimate of drug-likeness (QED) is 0.578. The van der Waals surface area contributed by atoms with E-state index in [9.17, 15) is 4.39 Å². The van der Waals surface area contributed by atoms with Crippen molar-refractivity contribution in [2.75, 3.05) is 0 Å². The molecule has 3 rings (SSSR count). The van der Waals surface area contributed by atoms with E-state index in [0.29, 0.717) is 0 Å². The lowest BCUT2D eigenvalue weighted by Crippen LogP contribution is -2.07. The van der Waals surface area contributed by atoms with E-state index in [0.717, 1.165) is 35.9 Å². The van der Waals surface area contributed by atoms with Crippen molar-refractivity contribution in [1.29, 1.82) is 0 Å². The monoisotopic (exact) mass is 174 g/mol. The minimum Gasteiger partial charge on any atom is -0.347 e. The van der Waals surface area contributed by atoms with Crippen LogP contribution in [-0.4, -0.2) is 4.57 Å². The summed E-state index contributed by atoms with van der Waals surface area (Å²) >= 11 is 0. The molecule has 0 bridgehead atoms. The predicted octanol–water partition coefficient (Wildman–Crippen LogP) is 2.53. The zero-order valence-electron chi connectivity index (χ0n) is 7.18. The van der Waals surface area contributed by atoms with E-state index < -0.39 is 0 Å². The van der Waals surface area contributed by atoms with Gasteiger partial charge in [0.1, 0.15) is 5.82 Å². The lowest BCUT2D eigenvalue weighted by molar-refractivity contribution is 0.574. The molecule has 2 heteroatoms. The lowest BCUT2D eigenvalue weighted by atomic mass is 10.0. The van der Waals surface area contributed by atoms with Gasteiger partial charge in [0, 0.05) is 29.8 Å². The summed E-state index contributed by atoms with van der Waals surface area (Å²) in [7, 11) is 0. The van der Waals surface area contributed by atoms with Gasteiger partial charge in [-0.25, -0.2) is 4.39 Å². The Balaban J connectivity index is 2.50. The van der Waals surface area contributed by atoms with Gasteiger partial charge in [0.2, 0.25) is 0 Å². The van der Waals surface area contributed by atoms with Crippen LogP contribution in [0, 0.1) is 11.9 Å². The summed E-state index contributed by atoms with van der Waals surface area (Å²) in [5.41, 5.74) is 1.91. The van der Waals surface area contributed by atoms with Crippen LogP contribution in [-0.2, 0) is 13.0 Å². The summed E-state index contributed by atoms with van der Waals surface area (Å²) in [6.07, 6.45) is 3.82. The van der Waals surface area contributed by atoms with Crippen LogP contribution in [0.2, 0.25) is 0 Å². The van der Waals surface area contributed by atoms with Gasteiger partial charge in [0.25, 0.3) is 0 Å². The number of hydrogen-bond acceptors (Lipinski definition) is 0. The van der Waals surface area contributed by atoms with Crippen LogP contribution in [0.1, 0.15) is 12.0 Å². The molecule has 0 atom stereocenters. The average molecular weight is 174 g/mol. The third-order valence-electron chi connectivity index (χ3n) is 2.71. The first-order chi connectivity index (χ1) is 6.36. The maximum atomic E-state index is 13.4. The molecule has 0 N–H and O–H groups in total. The summed E-state index contributed by atoms with van der Waals surface area (Å²) in [5.74, 6) is -0.0689. The second-order valence-electron chi connectivity index (χ2n) is 3.49. The average Bonchev–Trinajstić information content (AvgIpc) is 2.57. The molecule has 1 aromatic carbocycles. The van der Waals surface area contributed by atoms with Crippen molar-refractivity contribution < 1.29 is 4.39 Å². The van der Waals surface area contributed by atoms with Crippen molar-refractivity contribution in [3.8, 4) is 0 Å². The Labute approximate surface area is 75.8 Å². The number of hydrogen-bond donors (Lipinski definition) is 0. The molecule has 0 saturated heterocycles. The maximum absolute atomic E-state index is 13.4. The Morgan fingerprint density at radius 3 is 3.23 bits per heavy atom. The molecule has 0 spiro atoms. The minimum atomic E-state index is -0.0689. The molecule has 13 heavy (non-hydrogen) atoms. The zero-order chi connectivity index (χ0) is 8.84. The highest BCUT2D eigenvalue weighted by atomic mass is 19.1. The summed E-state index contributed by atoms with van der Waals surface area (Å²) in [6, 6.07) is 6.49. The number of rotatable bonds is 0. The Bertz CT molecular complexity index is 470. The van der Waals surface area contributed by atoms with Crippen LogP contribution in [0.15, 0.2) is 18.3 Å². The fourth-order valence-electron chi connectivity index (χ4n) is 2.11. The van der Waals surface area contributed by atoms with E-state index in [4.69, 9.17) is 0 Å². The molecule has 65 valence electrons. The smallest absolute Gasteiger partial charge is 0.128 e. The Hall–Kier alpha value is -1.31. The Kier molecular flexibility index (Phi) is 1.29. The second-order valence-corrected chi connectivity index (χ2v) is 3.49. The fraction of sp³-hybridized carbons (Fsp3) is 0.273. The highest BCUT2D eigenvalue weighted by Crippen LogP contribution is 2.27. The van der Waals surface area contributed by atoms with Crippen molar-refractivity contribution in [1.82, 2.24) is 4.57 Å². The third-order valence-corrected chi connectivity index (χ3v) is 2.71. The van der Waals surface area contributed by atoms with Crippen molar-refractivity contribution in [3.63, 3.8) is 0 Å². The molecule has 1 aromatic heterocycles. The molecule has 1 radical (unpaired) electrons. The maximum Gasteiger partial charge on any atom is 0.128 e. The number of aromatic nitrogens is 1. The van der Waals surface area contributed by atoms with Crippen LogP contribution < -0.4 is 0 Å². The van der Waals surface area contributed by atoms with Crippen LogP contribution in [0.25, 0.3) is 10.9 Å². The van der Waals surface area contributed by atoms with Crippen molar-refractivity contribution in [3.05, 3.63) is 35.8 Å². The number of nitrogens with zero attached hydrogens (tertiary/aromatic N) is 1. The fourth-order valence-corrected chi connectivity index (χ4v) is 2.11. The first kappa shape index (κ1) is 7.13. The first-order valence-corrected chi connectivity index (χ1v) is 4.54. The largest absolute Gasteiger partial charge is 0.347 e. The van der Waals surface area contributed by atoms with Crippen LogP contribution in [0.4, 0.5) is 4.39 Å². The minimum absolute atomic E-state index is 0.0689. The van der Waals surface area contributed by atoms with Crippen LogP contribution in [0.3, 0.4) is 0 Å². The number of halogens is 1. The van der Waals surface area contributed by atoms with E-state index in [2.05, 4.69) is 10.6 Å². The molecular formula is C11H9FN. The van der Waals surface area contributed by atoms with Crippen LogP contribution in [0.5, 0.6) is 0 Å². The lowest BCUT2D eigenvalue weighted by Gasteiger charge is -2.15. The van der Waals surface area contributed by atoms with Gasteiger partial charge in [-0.15, -0.1) is 0 Å². The number of benzene rings is 1. The Morgan fingerprint density at radius 2 is 2.31 bits per heavy atom. The van der Waals surface area contributed by atoms with Gasteiger partial charge in [-0.05, 0) is 25.0 Å². The normalized spacial score (nSPS) is 15.2. The topological polar surface area (TPSA) is 4.93 Å². The third kappa shape index (κ3) is 0.857. The van der Waals surface area contributed by atoms with Gasteiger partial charge >= 0.3 is 0 Å². The van der Waals surface area contributed by atoms with Gasteiger partial charge in [-0.3, -0.25) is 0 Å². The molecule has 1 nitrogen and oxygen atoms in total. The summed E-state index contributed by atoms with van der Waals surface area (Å²) < 4.78 is 15.5. The van der Waals surface area contributed by atoms with E-state index in [1.807, 2.05) is 6.20 Å². The molecule has 0 amide bonds. The van der Waals surface area contributed by atoms with E-state index >= 15 is 0 Å². The molecule has 0 fully saturated rings. The molecule has 1 aliphatic heterocycles. The number of aryl methyl sites for hydroxylation is 2. The molecule has 0 unspecified atom stereocenters. The highest BCUT2D eigenvalue weighted by molar-refractivity contribution is 5.83. The molecule has 2 aromatic rings. The van der Waals surface area contributed by atoms with Crippen LogP contribution >= 0.6 is 0 Å². The summed E-state index contributed by atoms with van der Waals surface area (Å²) in [6.45, 7) is 0.996. The van der Waals surface area contributed by atoms with Gasteiger partial charge in [-0.2, -0.15) is 0 Å².